The average Bonchev–Trinajstić information content (AvgIpc) is 2.92. The van der Waals surface area contributed by atoms with E-state index in [2.05, 4.69) is 0 Å². The summed E-state index contributed by atoms with van der Waals surface area (Å²) in [4.78, 5) is -0.108. The van der Waals surface area contributed by atoms with Gasteiger partial charge in [0.05, 0.1) is 29.2 Å². The fourth-order valence-electron chi connectivity index (χ4n) is 2.54. The second kappa shape index (κ2) is 6.71. The van der Waals surface area contributed by atoms with Crippen molar-refractivity contribution < 1.29 is 22.3 Å². The van der Waals surface area contributed by atoms with E-state index < -0.39 is 15.8 Å². The highest BCUT2D eigenvalue weighted by molar-refractivity contribution is 7.89. The molecule has 0 amide bonds. The molecule has 1 aromatic carbocycles. The van der Waals surface area contributed by atoms with E-state index in [0.29, 0.717) is 6.42 Å². The van der Waals surface area contributed by atoms with Gasteiger partial charge in [0.15, 0.2) is 0 Å². The Balaban J connectivity index is 2.38. The van der Waals surface area contributed by atoms with Crippen LogP contribution < -0.4 is 0 Å². The molecule has 2 atom stereocenters. The molecular weight excluding hydrogens is 311 g/mol. The van der Waals surface area contributed by atoms with Crippen LogP contribution in [-0.4, -0.2) is 52.2 Å². The van der Waals surface area contributed by atoms with Crippen molar-refractivity contribution in [1.29, 1.82) is 5.26 Å². The zero-order valence-electron chi connectivity index (χ0n) is 12.3. The molecule has 0 radical (unpaired) electrons. The van der Waals surface area contributed by atoms with Crippen molar-refractivity contribution in [2.45, 2.75) is 23.5 Å². The highest BCUT2D eigenvalue weighted by atomic mass is 32.2. The van der Waals surface area contributed by atoms with Crippen LogP contribution in [0.3, 0.4) is 0 Å². The van der Waals surface area contributed by atoms with Gasteiger partial charge < -0.3 is 9.47 Å². The maximum Gasteiger partial charge on any atom is 0.243 e. The molecule has 6 nitrogen and oxygen atoms in total. The molecule has 0 spiro atoms. The maximum absolute atomic E-state index is 13.4. The molecule has 0 N–H and O–H groups in total. The summed E-state index contributed by atoms with van der Waals surface area (Å²) in [6.45, 7) is 0.442. The van der Waals surface area contributed by atoms with Crippen molar-refractivity contribution in [3.63, 3.8) is 0 Å². The average molecular weight is 328 g/mol. The minimum atomic E-state index is -3.85. The van der Waals surface area contributed by atoms with Crippen molar-refractivity contribution in [1.82, 2.24) is 4.31 Å². The number of benzene rings is 1. The van der Waals surface area contributed by atoms with E-state index in [1.165, 1.54) is 18.5 Å². The summed E-state index contributed by atoms with van der Waals surface area (Å²) in [6.07, 6.45) is 0.307. The summed E-state index contributed by atoms with van der Waals surface area (Å²) >= 11 is 0. The third kappa shape index (κ3) is 3.13. The minimum absolute atomic E-state index is 0.108. The van der Waals surface area contributed by atoms with Gasteiger partial charge in [-0.05, 0) is 24.6 Å². The Bertz CT molecular complexity index is 687. The molecule has 1 aliphatic rings. The molecule has 1 saturated heterocycles. The van der Waals surface area contributed by atoms with Crippen molar-refractivity contribution in [2.75, 3.05) is 27.4 Å². The molecular formula is C14H17FN2O4S. The monoisotopic (exact) mass is 328 g/mol. The lowest BCUT2D eigenvalue weighted by Crippen LogP contribution is -2.38. The van der Waals surface area contributed by atoms with Crippen LogP contribution in [0.25, 0.3) is 0 Å². The van der Waals surface area contributed by atoms with Crippen molar-refractivity contribution in [3.05, 3.63) is 29.6 Å². The first-order valence-corrected chi connectivity index (χ1v) is 8.11. The Kier molecular flexibility index (Phi) is 5.13. The van der Waals surface area contributed by atoms with Gasteiger partial charge in [0.25, 0.3) is 0 Å². The number of halogens is 1. The van der Waals surface area contributed by atoms with Gasteiger partial charge in [-0.15, -0.1) is 0 Å². The second-order valence-electron chi connectivity index (χ2n) is 5.03. The number of nitriles is 1. The summed E-state index contributed by atoms with van der Waals surface area (Å²) < 4.78 is 50.5. The van der Waals surface area contributed by atoms with E-state index in [4.69, 9.17) is 14.7 Å². The molecule has 0 unspecified atom stereocenters. The largest absolute Gasteiger partial charge is 0.383 e. The first-order chi connectivity index (χ1) is 10.4. The van der Waals surface area contributed by atoms with E-state index in [1.54, 1.807) is 6.07 Å². The molecule has 1 heterocycles. The van der Waals surface area contributed by atoms with Crippen LogP contribution in [0.4, 0.5) is 4.39 Å². The second-order valence-corrected chi connectivity index (χ2v) is 6.92. The summed E-state index contributed by atoms with van der Waals surface area (Å²) in [7, 11) is -0.826. The predicted octanol–water partition coefficient (Wildman–Crippen LogP) is 1.12. The molecule has 0 aromatic heterocycles. The Labute approximate surface area is 129 Å². The van der Waals surface area contributed by atoms with Crippen LogP contribution in [0.15, 0.2) is 23.1 Å². The lowest BCUT2D eigenvalue weighted by Gasteiger charge is -2.23. The van der Waals surface area contributed by atoms with Gasteiger partial charge in [-0.2, -0.15) is 9.57 Å². The third-order valence-electron chi connectivity index (χ3n) is 3.68. The molecule has 8 heteroatoms. The topological polar surface area (TPSA) is 79.6 Å². The molecule has 22 heavy (non-hydrogen) atoms. The lowest BCUT2D eigenvalue weighted by molar-refractivity contribution is 0.110. The van der Waals surface area contributed by atoms with Crippen LogP contribution in [0.2, 0.25) is 0 Å². The highest BCUT2D eigenvalue weighted by Gasteiger charge is 2.40. The number of hydrogen-bond donors (Lipinski definition) is 0. The fourth-order valence-corrected chi connectivity index (χ4v) is 4.22. The molecule has 0 bridgehead atoms. The Morgan fingerprint density at radius 2 is 2.18 bits per heavy atom. The predicted molar refractivity (Wildman–Crippen MR) is 76.1 cm³/mol. The van der Waals surface area contributed by atoms with Gasteiger partial charge in [0.1, 0.15) is 11.9 Å². The molecule has 1 aromatic rings. The summed E-state index contributed by atoms with van der Waals surface area (Å²) in [6, 6.07) is 4.50. The van der Waals surface area contributed by atoms with Gasteiger partial charge in [0, 0.05) is 20.8 Å². The van der Waals surface area contributed by atoms with Gasteiger partial charge in [-0.1, -0.05) is 0 Å². The smallest absolute Gasteiger partial charge is 0.243 e. The zero-order chi connectivity index (χ0) is 16.3. The molecule has 120 valence electrons. The van der Waals surface area contributed by atoms with Gasteiger partial charge in [0.2, 0.25) is 10.0 Å². The van der Waals surface area contributed by atoms with Gasteiger partial charge in [-0.3, -0.25) is 0 Å². The van der Waals surface area contributed by atoms with E-state index in [-0.39, 0.29) is 35.8 Å². The van der Waals surface area contributed by atoms with Crippen molar-refractivity contribution in [3.8, 4) is 6.07 Å². The van der Waals surface area contributed by atoms with Gasteiger partial charge in [-0.25, -0.2) is 12.8 Å². The van der Waals surface area contributed by atoms with Crippen LogP contribution in [0, 0.1) is 17.1 Å². The number of hydrogen-bond acceptors (Lipinski definition) is 5. The molecule has 1 aliphatic heterocycles. The van der Waals surface area contributed by atoms with E-state index in [1.807, 2.05) is 0 Å². The number of rotatable bonds is 5. The molecule has 2 rings (SSSR count). The number of nitrogens with zero attached hydrogens (tertiary/aromatic N) is 2. The SMILES string of the molecule is COC[C@@H]1C[C@H](OC)CN1S(=O)(=O)c1ccc(F)c(C#N)c1. The van der Waals surface area contributed by atoms with Crippen molar-refractivity contribution >= 4 is 10.0 Å². The minimum Gasteiger partial charge on any atom is -0.383 e. The van der Waals surface area contributed by atoms with Crippen LogP contribution in [0.1, 0.15) is 12.0 Å². The van der Waals surface area contributed by atoms with Gasteiger partial charge >= 0.3 is 0 Å². The first kappa shape index (κ1) is 16.8. The Morgan fingerprint density at radius 1 is 1.45 bits per heavy atom. The zero-order valence-corrected chi connectivity index (χ0v) is 13.1. The standard InChI is InChI=1S/C14H17FN2O4S/c1-20-9-11-6-12(21-2)8-17(11)22(18,19)13-3-4-14(15)10(5-13)7-16/h3-5,11-12H,6,8-9H2,1-2H3/t11-,12-/m0/s1. The number of sulfonamides is 1. The quantitative estimate of drug-likeness (QED) is 0.809. The van der Waals surface area contributed by atoms with E-state index >= 15 is 0 Å². The number of ether oxygens (including phenoxy) is 2. The number of methoxy groups -OCH3 is 2. The maximum atomic E-state index is 13.4. The third-order valence-corrected chi connectivity index (χ3v) is 5.60. The first-order valence-electron chi connectivity index (χ1n) is 6.67. The van der Waals surface area contributed by atoms with Crippen LogP contribution in [-0.2, 0) is 19.5 Å². The van der Waals surface area contributed by atoms with E-state index in [9.17, 15) is 12.8 Å². The van der Waals surface area contributed by atoms with E-state index in [0.717, 1.165) is 18.2 Å². The Morgan fingerprint density at radius 3 is 2.77 bits per heavy atom. The normalized spacial score (nSPS) is 22.6. The molecule has 0 saturated carbocycles. The van der Waals surface area contributed by atoms with Crippen LogP contribution >= 0.6 is 0 Å². The molecule has 0 aliphatic carbocycles. The fraction of sp³-hybridized carbons (Fsp3) is 0.500. The molecule has 1 fully saturated rings. The highest BCUT2D eigenvalue weighted by Crippen LogP contribution is 2.28. The van der Waals surface area contributed by atoms with Crippen molar-refractivity contribution in [2.24, 2.45) is 0 Å². The summed E-state index contributed by atoms with van der Waals surface area (Å²) in [5, 5.41) is 8.85. The summed E-state index contributed by atoms with van der Waals surface area (Å²) in [5.74, 6) is -0.744. The summed E-state index contributed by atoms with van der Waals surface area (Å²) in [5.41, 5.74) is -0.299. The Hall–Kier alpha value is -1.53. The van der Waals surface area contributed by atoms with Crippen LogP contribution in [0.5, 0.6) is 0 Å². The lowest BCUT2D eigenvalue weighted by atomic mass is 10.2.